The number of pyridine rings is 1. The number of amides is 2. The Bertz CT molecular complexity index is 1500. The number of ether oxygens (including phenoxy) is 1. The lowest BCUT2D eigenvalue weighted by molar-refractivity contribution is -0.201. The lowest BCUT2D eigenvalue weighted by Crippen LogP contribution is -2.59. The maximum absolute atomic E-state index is 14.9. The summed E-state index contributed by atoms with van der Waals surface area (Å²) in [5, 5.41) is 14.5. The van der Waals surface area contributed by atoms with E-state index >= 15 is 0 Å². The van der Waals surface area contributed by atoms with Crippen molar-refractivity contribution in [2.75, 3.05) is 25.2 Å². The molecule has 3 rings (SSSR count). The summed E-state index contributed by atoms with van der Waals surface area (Å²) in [6, 6.07) is 7.09. The second kappa shape index (κ2) is 12.8. The zero-order valence-corrected chi connectivity index (χ0v) is 24.7. The lowest BCUT2D eigenvalue weighted by Gasteiger charge is -2.41. The first-order valence-electron chi connectivity index (χ1n) is 13.2. The average molecular weight is 652 g/mol. The molecule has 2 aromatic rings. The van der Waals surface area contributed by atoms with E-state index in [1.165, 1.54) is 32.2 Å². The lowest BCUT2D eigenvalue weighted by atomic mass is 9.77. The minimum atomic E-state index is -5.08. The van der Waals surface area contributed by atoms with Gasteiger partial charge >= 0.3 is 12.4 Å². The van der Waals surface area contributed by atoms with Crippen molar-refractivity contribution < 1.29 is 54.2 Å². The van der Waals surface area contributed by atoms with Gasteiger partial charge in [0.15, 0.2) is 15.4 Å². The van der Waals surface area contributed by atoms with Crippen molar-refractivity contribution in [2.24, 2.45) is 0 Å². The third-order valence-corrected chi connectivity index (χ3v) is 7.53. The van der Waals surface area contributed by atoms with Crippen molar-refractivity contribution >= 4 is 27.2 Å². The zero-order chi connectivity index (χ0) is 33.1. The molecule has 0 radical (unpaired) electrons. The fourth-order valence-corrected chi connectivity index (χ4v) is 5.05. The van der Waals surface area contributed by atoms with Crippen LogP contribution in [0.1, 0.15) is 49.9 Å². The van der Waals surface area contributed by atoms with Crippen LogP contribution in [0.5, 0.6) is 5.75 Å². The van der Waals surface area contributed by atoms with Crippen molar-refractivity contribution in [3.8, 4) is 5.75 Å². The number of nitrogens with one attached hydrogen (secondary N) is 2. The van der Waals surface area contributed by atoms with Crippen LogP contribution < -0.4 is 15.4 Å². The van der Waals surface area contributed by atoms with Crippen LogP contribution in [-0.4, -0.2) is 67.8 Å². The quantitative estimate of drug-likeness (QED) is 0.248. The van der Waals surface area contributed by atoms with Crippen molar-refractivity contribution in [3.05, 3.63) is 65.0 Å². The summed E-state index contributed by atoms with van der Waals surface area (Å²) in [7, 11) is -3.74. The Morgan fingerprint density at radius 1 is 1.09 bits per heavy atom. The van der Waals surface area contributed by atoms with E-state index in [1.54, 1.807) is 0 Å². The van der Waals surface area contributed by atoms with Gasteiger partial charge in [-0.15, -0.1) is 0 Å². The van der Waals surface area contributed by atoms with Crippen molar-refractivity contribution in [1.82, 2.24) is 15.6 Å². The summed E-state index contributed by atoms with van der Waals surface area (Å²) in [4.78, 5) is 29.7. The van der Waals surface area contributed by atoms with E-state index in [4.69, 9.17) is 4.74 Å². The molecular formula is C28H31F6N3O6S. The van der Waals surface area contributed by atoms with Gasteiger partial charge in [0, 0.05) is 43.0 Å². The largest absolute Gasteiger partial charge is 0.494 e. The molecule has 2 heterocycles. The Morgan fingerprint density at radius 3 is 2.23 bits per heavy atom. The molecule has 3 N–H and O–H groups in total. The second-order valence-electron chi connectivity index (χ2n) is 10.9. The molecule has 44 heavy (non-hydrogen) atoms. The third kappa shape index (κ3) is 8.94. The van der Waals surface area contributed by atoms with Crippen LogP contribution in [-0.2, 0) is 30.6 Å². The van der Waals surface area contributed by atoms with Crippen LogP contribution >= 0.6 is 0 Å². The highest BCUT2D eigenvalue weighted by Crippen LogP contribution is 2.48. The van der Waals surface area contributed by atoms with Crippen molar-refractivity contribution in [3.63, 3.8) is 0 Å². The number of rotatable bonds is 11. The second-order valence-corrected chi connectivity index (χ2v) is 13.1. The third-order valence-electron chi connectivity index (χ3n) is 6.75. The summed E-state index contributed by atoms with van der Waals surface area (Å²) < 4.78 is 110. The molecule has 2 amide bonds. The Kier molecular flexibility index (Phi) is 10.1. The normalized spacial score (nSPS) is 18.2. The summed E-state index contributed by atoms with van der Waals surface area (Å²) in [5.41, 5.74) is -4.95. The maximum atomic E-state index is 14.9. The molecule has 0 fully saturated rings. The SMILES string of the molecule is CC(C)(O)c1ccc(C2=C(CNC(=O)CS(C)(=O)=O)C(=O)N[C@](c3ccc(OCCCC(F)(F)F)cc3)(C(F)(F)F)C2)nc1. The standard InChI is InChI=1S/C28H31F6N3O6S/c1-25(2,40)18-7-10-22(35-14-18)20-13-26(28(32,33)34,37-24(39)21(20)15-36-23(38)16-44(3,41)42)17-5-8-19(9-6-17)43-12-4-11-27(29,30)31/h5-10,14,40H,4,11-13,15-16H2,1-3H3,(H,36,38)(H,37,39)/t26-/m1/s1. The highest BCUT2D eigenvalue weighted by molar-refractivity contribution is 7.91. The molecule has 0 aliphatic carbocycles. The number of aromatic nitrogens is 1. The number of halogens is 6. The Hall–Kier alpha value is -3.66. The van der Waals surface area contributed by atoms with E-state index in [1.807, 2.05) is 5.32 Å². The molecule has 0 unspecified atom stereocenters. The molecule has 242 valence electrons. The van der Waals surface area contributed by atoms with E-state index in [0.717, 1.165) is 30.5 Å². The van der Waals surface area contributed by atoms with Gasteiger partial charge in [-0.1, -0.05) is 18.2 Å². The van der Waals surface area contributed by atoms with Gasteiger partial charge < -0.3 is 20.5 Å². The number of carbonyl (C=O) groups excluding carboxylic acids is 2. The minimum Gasteiger partial charge on any atom is -0.494 e. The van der Waals surface area contributed by atoms with E-state index in [-0.39, 0.29) is 35.6 Å². The average Bonchev–Trinajstić information content (AvgIpc) is 2.88. The van der Waals surface area contributed by atoms with Crippen LogP contribution in [0, 0.1) is 0 Å². The molecule has 16 heteroatoms. The fraction of sp³-hybridized carbons (Fsp3) is 0.464. The number of hydrogen-bond acceptors (Lipinski definition) is 7. The van der Waals surface area contributed by atoms with Gasteiger partial charge in [0.2, 0.25) is 11.8 Å². The van der Waals surface area contributed by atoms with Crippen molar-refractivity contribution in [2.45, 2.75) is 56.6 Å². The van der Waals surface area contributed by atoms with E-state index in [9.17, 15) is 49.5 Å². The Balaban J connectivity index is 2.02. The Morgan fingerprint density at radius 2 is 1.73 bits per heavy atom. The van der Waals surface area contributed by atoms with Crippen LogP contribution in [0.2, 0.25) is 0 Å². The van der Waals surface area contributed by atoms with Crippen LogP contribution in [0.4, 0.5) is 26.3 Å². The highest BCUT2D eigenvalue weighted by Gasteiger charge is 2.59. The monoisotopic (exact) mass is 651 g/mol. The first-order valence-corrected chi connectivity index (χ1v) is 15.2. The van der Waals surface area contributed by atoms with Gasteiger partial charge in [-0.3, -0.25) is 14.6 Å². The summed E-state index contributed by atoms with van der Waals surface area (Å²) in [6.07, 6.45) is -9.75. The molecular weight excluding hydrogens is 620 g/mol. The molecule has 0 spiro atoms. The predicted molar refractivity (Wildman–Crippen MR) is 147 cm³/mol. The zero-order valence-electron chi connectivity index (χ0n) is 23.9. The van der Waals surface area contributed by atoms with E-state index in [0.29, 0.717) is 5.56 Å². The number of carbonyl (C=O) groups is 2. The molecule has 0 bridgehead atoms. The molecule has 1 aliphatic rings. The molecule has 1 aromatic carbocycles. The van der Waals surface area contributed by atoms with Crippen LogP contribution in [0.25, 0.3) is 5.57 Å². The number of benzene rings is 1. The van der Waals surface area contributed by atoms with Gasteiger partial charge in [0.25, 0.3) is 0 Å². The van der Waals surface area contributed by atoms with E-state index < -0.39 is 75.8 Å². The molecule has 1 aliphatic heterocycles. The molecule has 0 saturated heterocycles. The number of alkyl halides is 6. The molecule has 1 aromatic heterocycles. The van der Waals surface area contributed by atoms with Gasteiger partial charge in [-0.2, -0.15) is 26.3 Å². The van der Waals surface area contributed by atoms with E-state index in [2.05, 4.69) is 10.3 Å². The highest BCUT2D eigenvalue weighted by atomic mass is 32.2. The Labute approximate surface area is 249 Å². The maximum Gasteiger partial charge on any atom is 0.416 e. The summed E-state index contributed by atoms with van der Waals surface area (Å²) >= 11 is 0. The molecule has 0 saturated carbocycles. The number of hydrogen-bond donors (Lipinski definition) is 3. The molecule has 1 atom stereocenters. The number of sulfone groups is 1. The first kappa shape index (κ1) is 34.8. The summed E-state index contributed by atoms with van der Waals surface area (Å²) in [5.74, 6) is -3.07. The van der Waals surface area contributed by atoms with Crippen LogP contribution in [0.15, 0.2) is 48.2 Å². The molecule has 9 nitrogen and oxygen atoms in total. The van der Waals surface area contributed by atoms with Crippen molar-refractivity contribution in [1.29, 1.82) is 0 Å². The predicted octanol–water partition coefficient (Wildman–Crippen LogP) is 3.92. The van der Waals surface area contributed by atoms with Gasteiger partial charge in [0.1, 0.15) is 11.5 Å². The number of aliphatic hydroxyl groups is 1. The van der Waals surface area contributed by atoms with Gasteiger partial charge in [-0.25, -0.2) is 8.42 Å². The van der Waals surface area contributed by atoms with Crippen LogP contribution in [0.3, 0.4) is 0 Å². The topological polar surface area (TPSA) is 135 Å². The van der Waals surface area contributed by atoms with Gasteiger partial charge in [-0.05, 0) is 49.6 Å². The number of nitrogens with zero attached hydrogens (tertiary/aromatic N) is 1. The smallest absolute Gasteiger partial charge is 0.416 e. The fourth-order valence-electron chi connectivity index (χ4n) is 4.47. The minimum absolute atomic E-state index is 0.0179. The first-order chi connectivity index (χ1) is 20.1. The summed E-state index contributed by atoms with van der Waals surface area (Å²) in [6.45, 7) is 2.01. The van der Waals surface area contributed by atoms with Gasteiger partial charge in [0.05, 0.1) is 17.9 Å².